The van der Waals surface area contributed by atoms with Crippen molar-refractivity contribution in [3.05, 3.63) is 69.5 Å². The molecule has 9 heteroatoms. The van der Waals surface area contributed by atoms with E-state index in [4.69, 9.17) is 11.6 Å². The van der Waals surface area contributed by atoms with E-state index < -0.39 is 17.6 Å². The number of aliphatic hydroxyl groups excluding tert-OH is 1. The maximum absolute atomic E-state index is 12.7. The van der Waals surface area contributed by atoms with E-state index in [0.29, 0.717) is 23.1 Å². The molecule has 0 saturated carbocycles. The number of benzene rings is 1. The van der Waals surface area contributed by atoms with Gasteiger partial charge in [-0.15, -0.1) is 0 Å². The van der Waals surface area contributed by atoms with Crippen molar-refractivity contribution in [1.29, 1.82) is 0 Å². The van der Waals surface area contributed by atoms with E-state index in [1.807, 2.05) is 0 Å². The summed E-state index contributed by atoms with van der Waals surface area (Å²) < 4.78 is 38.0. The molecule has 1 aliphatic carbocycles. The van der Waals surface area contributed by atoms with E-state index in [1.165, 1.54) is 12.1 Å². The Bertz CT molecular complexity index is 949. The average molecular weight is 441 g/mol. The van der Waals surface area contributed by atoms with E-state index in [0.717, 1.165) is 12.1 Å². The number of rotatable bonds is 5. The minimum Gasteiger partial charge on any atom is -0.394 e. The summed E-state index contributed by atoms with van der Waals surface area (Å²) in [5, 5.41) is 12.2. The Morgan fingerprint density at radius 1 is 1.30 bits per heavy atom. The van der Waals surface area contributed by atoms with E-state index in [9.17, 15) is 27.9 Å². The molecular formula is C21H20ClF3N2O3. The first-order valence-electron chi connectivity index (χ1n) is 9.27. The van der Waals surface area contributed by atoms with Gasteiger partial charge in [-0.05, 0) is 36.6 Å². The number of alkyl halides is 3. The first-order valence-corrected chi connectivity index (χ1v) is 9.65. The fourth-order valence-electron chi connectivity index (χ4n) is 3.30. The van der Waals surface area contributed by atoms with Crippen LogP contribution in [0.3, 0.4) is 0 Å². The average Bonchev–Trinajstić information content (AvgIpc) is 2.69. The first-order chi connectivity index (χ1) is 14.1. The summed E-state index contributed by atoms with van der Waals surface area (Å²) in [5.74, 6) is -0.729. The fourth-order valence-corrected chi connectivity index (χ4v) is 3.52. The Balaban J connectivity index is 1.79. The number of hydrogen-bond acceptors (Lipinski definition) is 4. The second-order valence-corrected chi connectivity index (χ2v) is 7.61. The number of hydrogen-bond donors (Lipinski definition) is 2. The molecular weight excluding hydrogens is 421 g/mol. The second-order valence-electron chi connectivity index (χ2n) is 7.21. The third kappa shape index (κ3) is 4.76. The molecule has 160 valence electrons. The molecule has 0 radical (unpaired) electrons. The first kappa shape index (κ1) is 22.1. The Hall–Kier alpha value is -2.58. The summed E-state index contributed by atoms with van der Waals surface area (Å²) in [4.78, 5) is 26.9. The summed E-state index contributed by atoms with van der Waals surface area (Å²) in [6, 6.07) is 4.08. The molecule has 2 N–H and O–H groups in total. The quantitative estimate of drug-likeness (QED) is 0.737. The number of nitrogens with zero attached hydrogens (tertiary/aromatic N) is 1. The van der Waals surface area contributed by atoms with Crippen LogP contribution in [-0.4, -0.2) is 40.9 Å². The fraction of sp³-hybridized carbons (Fsp3) is 0.333. The number of halogens is 4. The zero-order valence-electron chi connectivity index (χ0n) is 16.1. The molecule has 0 saturated heterocycles. The number of nitrogens with one attached hydrogen (secondary N) is 1. The van der Waals surface area contributed by atoms with Crippen molar-refractivity contribution in [3.8, 4) is 0 Å². The SMILES string of the molecule is C[C@H](CO)N1C=C2CC=C(Cl)C(NC(=O)Cc3ccc(C(F)(F)F)cc3)=C2C(=O)C1. The van der Waals surface area contributed by atoms with Gasteiger partial charge in [0.05, 0.1) is 35.9 Å². The van der Waals surface area contributed by atoms with Gasteiger partial charge in [0.2, 0.25) is 5.91 Å². The van der Waals surface area contributed by atoms with E-state index in [2.05, 4.69) is 5.32 Å². The molecule has 0 unspecified atom stereocenters. The van der Waals surface area contributed by atoms with Crippen molar-refractivity contribution in [3.63, 3.8) is 0 Å². The summed E-state index contributed by atoms with van der Waals surface area (Å²) in [5.41, 5.74) is 0.813. The zero-order valence-corrected chi connectivity index (χ0v) is 16.8. The predicted octanol–water partition coefficient (Wildman–Crippen LogP) is 3.29. The van der Waals surface area contributed by atoms with Crippen LogP contribution in [-0.2, 0) is 22.2 Å². The van der Waals surface area contributed by atoms with Gasteiger partial charge in [-0.25, -0.2) is 0 Å². The molecule has 3 rings (SSSR count). The van der Waals surface area contributed by atoms with E-state index >= 15 is 0 Å². The minimum atomic E-state index is -4.45. The number of carbonyl (C=O) groups excluding carboxylic acids is 2. The van der Waals surface area contributed by atoms with Gasteiger partial charge in [0, 0.05) is 17.8 Å². The van der Waals surface area contributed by atoms with Crippen LogP contribution in [0, 0.1) is 0 Å². The molecule has 1 aromatic rings. The van der Waals surface area contributed by atoms with Gasteiger partial charge in [0.15, 0.2) is 5.78 Å². The van der Waals surface area contributed by atoms with Crippen LogP contribution in [0.5, 0.6) is 0 Å². The van der Waals surface area contributed by atoms with Gasteiger partial charge < -0.3 is 15.3 Å². The van der Waals surface area contributed by atoms with Gasteiger partial charge in [-0.3, -0.25) is 9.59 Å². The lowest BCUT2D eigenvalue weighted by Crippen LogP contribution is -2.41. The monoisotopic (exact) mass is 440 g/mol. The molecule has 0 bridgehead atoms. The van der Waals surface area contributed by atoms with Crippen LogP contribution in [0.1, 0.15) is 24.5 Å². The topological polar surface area (TPSA) is 69.6 Å². The van der Waals surface area contributed by atoms with Gasteiger partial charge >= 0.3 is 6.18 Å². The van der Waals surface area contributed by atoms with Crippen LogP contribution < -0.4 is 5.32 Å². The lowest BCUT2D eigenvalue weighted by Gasteiger charge is -2.33. The van der Waals surface area contributed by atoms with Gasteiger partial charge in [0.25, 0.3) is 0 Å². The van der Waals surface area contributed by atoms with Crippen LogP contribution in [0.2, 0.25) is 0 Å². The maximum Gasteiger partial charge on any atom is 0.416 e. The van der Waals surface area contributed by atoms with E-state index in [-0.39, 0.29) is 42.1 Å². The number of allylic oxidation sites excluding steroid dienone is 3. The van der Waals surface area contributed by atoms with Gasteiger partial charge in [0.1, 0.15) is 0 Å². The van der Waals surface area contributed by atoms with Crippen LogP contribution in [0.15, 0.2) is 58.4 Å². The number of ketones is 1. The molecule has 30 heavy (non-hydrogen) atoms. The lowest BCUT2D eigenvalue weighted by molar-refractivity contribution is -0.137. The summed E-state index contributed by atoms with van der Waals surface area (Å²) in [6.45, 7) is 1.73. The van der Waals surface area contributed by atoms with Crippen molar-refractivity contribution in [2.45, 2.75) is 32.0 Å². The normalized spacial score (nSPS) is 17.9. The standard InChI is InChI=1S/C21H20ClF3N2O3/c1-12(11-28)27-9-14-4-7-16(22)20(19(14)17(29)10-27)26-18(30)8-13-2-5-15(6-3-13)21(23,24)25/h2-3,5-7,9,12,28H,4,8,10-11H2,1H3,(H,26,30)/t12-/m1/s1. The van der Waals surface area contributed by atoms with Crippen molar-refractivity contribution < 1.29 is 27.9 Å². The number of fused-ring (bicyclic) bond motifs is 1. The number of Topliss-reactive ketones (excluding diaryl/α,β-unsaturated/α-hetero) is 1. The summed E-state index contributed by atoms with van der Waals surface area (Å²) >= 11 is 6.24. The lowest BCUT2D eigenvalue weighted by atomic mass is 9.89. The minimum absolute atomic E-state index is 0.0446. The van der Waals surface area contributed by atoms with Crippen LogP contribution in [0.25, 0.3) is 0 Å². The third-order valence-electron chi connectivity index (χ3n) is 4.98. The van der Waals surface area contributed by atoms with Crippen LogP contribution in [0.4, 0.5) is 13.2 Å². The molecule has 1 aliphatic heterocycles. The number of amides is 1. The molecule has 0 spiro atoms. The number of aliphatic hydroxyl groups is 1. The maximum atomic E-state index is 12.7. The highest BCUT2D eigenvalue weighted by atomic mass is 35.5. The highest BCUT2D eigenvalue weighted by Gasteiger charge is 2.32. The van der Waals surface area contributed by atoms with Crippen molar-refractivity contribution >= 4 is 23.3 Å². The molecule has 5 nitrogen and oxygen atoms in total. The molecule has 0 fully saturated rings. The third-order valence-corrected chi connectivity index (χ3v) is 5.32. The Labute approximate surface area is 176 Å². The molecule has 1 aromatic carbocycles. The second kappa shape index (κ2) is 8.65. The molecule has 2 aliphatic rings. The smallest absolute Gasteiger partial charge is 0.394 e. The van der Waals surface area contributed by atoms with Gasteiger partial charge in [-0.2, -0.15) is 13.2 Å². The van der Waals surface area contributed by atoms with Crippen LogP contribution >= 0.6 is 11.6 Å². The zero-order chi connectivity index (χ0) is 22.1. The molecule has 1 atom stereocenters. The molecule has 1 heterocycles. The predicted molar refractivity (Wildman–Crippen MR) is 105 cm³/mol. The highest BCUT2D eigenvalue weighted by molar-refractivity contribution is 6.33. The van der Waals surface area contributed by atoms with Crippen molar-refractivity contribution in [2.75, 3.05) is 13.2 Å². The van der Waals surface area contributed by atoms with E-state index in [1.54, 1.807) is 24.1 Å². The Kier molecular flexibility index (Phi) is 6.38. The summed E-state index contributed by atoms with van der Waals surface area (Å²) in [7, 11) is 0. The summed E-state index contributed by atoms with van der Waals surface area (Å²) in [6.07, 6.45) is -0.753. The highest BCUT2D eigenvalue weighted by Crippen LogP contribution is 2.34. The Morgan fingerprint density at radius 3 is 2.57 bits per heavy atom. The largest absolute Gasteiger partial charge is 0.416 e. The van der Waals surface area contributed by atoms with Crippen molar-refractivity contribution in [1.82, 2.24) is 10.2 Å². The molecule has 0 aromatic heterocycles. The Morgan fingerprint density at radius 2 is 1.97 bits per heavy atom. The van der Waals surface area contributed by atoms with Crippen molar-refractivity contribution in [2.24, 2.45) is 0 Å². The number of carbonyl (C=O) groups is 2. The van der Waals surface area contributed by atoms with Gasteiger partial charge in [-0.1, -0.05) is 29.8 Å². The molecule has 1 amide bonds.